The highest BCUT2D eigenvalue weighted by Crippen LogP contribution is 2.24. The van der Waals surface area contributed by atoms with E-state index in [1.54, 1.807) is 0 Å². The van der Waals surface area contributed by atoms with Crippen molar-refractivity contribution >= 4 is 44.2 Å². The summed E-state index contributed by atoms with van der Waals surface area (Å²) < 4.78 is 4.43. The maximum absolute atomic E-state index is 4.33. The Morgan fingerprint density at radius 1 is 1.47 bits per heavy atom. The second kappa shape index (κ2) is 5.86. The van der Waals surface area contributed by atoms with Crippen LogP contribution in [0.1, 0.15) is 12.7 Å². The molecule has 0 spiro atoms. The number of aryl methyl sites for hydroxylation is 1. The van der Waals surface area contributed by atoms with Gasteiger partial charge in [0.05, 0.1) is 6.54 Å². The summed E-state index contributed by atoms with van der Waals surface area (Å²) in [7, 11) is 0. The van der Waals surface area contributed by atoms with Crippen molar-refractivity contribution in [2.75, 3.05) is 5.32 Å². The van der Waals surface area contributed by atoms with Crippen molar-refractivity contribution in [1.82, 2.24) is 9.55 Å². The van der Waals surface area contributed by atoms with Crippen LogP contribution >= 0.6 is 38.5 Å². The van der Waals surface area contributed by atoms with Gasteiger partial charge in [-0.15, -0.1) is 0 Å². The van der Waals surface area contributed by atoms with Crippen LogP contribution in [0.25, 0.3) is 0 Å². The fraction of sp³-hybridized carbons (Fsp3) is 0.250. The quantitative estimate of drug-likeness (QED) is 0.782. The van der Waals surface area contributed by atoms with Crippen molar-refractivity contribution in [3.05, 3.63) is 44.5 Å². The highest BCUT2D eigenvalue weighted by atomic mass is 127. The third-order valence-corrected chi connectivity index (χ3v) is 3.84. The molecule has 0 aliphatic carbocycles. The second-order valence-corrected chi connectivity index (χ2v) is 5.71. The minimum Gasteiger partial charge on any atom is -0.377 e. The molecule has 0 aliphatic heterocycles. The van der Waals surface area contributed by atoms with Gasteiger partial charge in [0.15, 0.2) is 0 Å². The molecule has 1 aromatic heterocycles. The molecule has 2 rings (SSSR count). The van der Waals surface area contributed by atoms with E-state index in [4.69, 9.17) is 0 Å². The van der Waals surface area contributed by atoms with E-state index in [9.17, 15) is 0 Å². The molecule has 2 aromatic rings. The summed E-state index contributed by atoms with van der Waals surface area (Å²) in [6.45, 7) is 3.80. The van der Waals surface area contributed by atoms with Gasteiger partial charge in [0, 0.05) is 32.7 Å². The summed E-state index contributed by atoms with van der Waals surface area (Å²) >= 11 is 5.85. The van der Waals surface area contributed by atoms with Crippen LogP contribution in [-0.2, 0) is 13.1 Å². The first-order valence-corrected chi connectivity index (χ1v) is 7.27. The highest BCUT2D eigenvalue weighted by Gasteiger charge is 2.03. The summed E-state index contributed by atoms with van der Waals surface area (Å²) in [5.74, 6) is 1.05. The van der Waals surface area contributed by atoms with Gasteiger partial charge in [0.1, 0.15) is 5.82 Å². The molecule has 0 radical (unpaired) electrons. The molecule has 0 aliphatic rings. The predicted molar refractivity (Wildman–Crippen MR) is 82.1 cm³/mol. The molecule has 0 atom stereocenters. The first-order valence-electron chi connectivity index (χ1n) is 5.39. The topological polar surface area (TPSA) is 29.9 Å². The van der Waals surface area contributed by atoms with E-state index < -0.39 is 0 Å². The van der Waals surface area contributed by atoms with Crippen LogP contribution in [0, 0.1) is 3.57 Å². The Bertz CT molecular complexity index is 510. The number of hydrogen-bond donors (Lipinski definition) is 1. The standard InChI is InChI=1S/C12H13BrIN3/c1-2-17-6-5-15-12(17)8-16-11-4-3-9(14)7-10(11)13/h3-7,16H,2,8H2,1H3. The number of hydrogen-bond acceptors (Lipinski definition) is 2. The van der Waals surface area contributed by atoms with Crippen LogP contribution in [0.15, 0.2) is 35.1 Å². The normalized spacial score (nSPS) is 10.5. The monoisotopic (exact) mass is 405 g/mol. The lowest BCUT2D eigenvalue weighted by atomic mass is 10.3. The van der Waals surface area contributed by atoms with Crippen molar-refractivity contribution in [3.8, 4) is 0 Å². The molecule has 3 nitrogen and oxygen atoms in total. The van der Waals surface area contributed by atoms with E-state index in [-0.39, 0.29) is 0 Å². The third-order valence-electron chi connectivity index (χ3n) is 2.51. The number of imidazole rings is 1. The zero-order chi connectivity index (χ0) is 12.3. The molecule has 5 heteroatoms. The van der Waals surface area contributed by atoms with Crippen LogP contribution in [0.4, 0.5) is 5.69 Å². The van der Waals surface area contributed by atoms with Crippen LogP contribution in [0.3, 0.4) is 0 Å². The van der Waals surface area contributed by atoms with Crippen molar-refractivity contribution in [3.63, 3.8) is 0 Å². The molecule has 90 valence electrons. The third kappa shape index (κ3) is 3.22. The molecule has 0 fully saturated rings. The smallest absolute Gasteiger partial charge is 0.128 e. The average Bonchev–Trinajstić information content (AvgIpc) is 2.75. The average molecular weight is 406 g/mol. The second-order valence-electron chi connectivity index (χ2n) is 3.61. The number of aromatic nitrogens is 2. The SMILES string of the molecule is CCn1ccnc1CNc1ccc(I)cc1Br. The Balaban J connectivity index is 2.07. The van der Waals surface area contributed by atoms with Crippen molar-refractivity contribution < 1.29 is 0 Å². The molecular weight excluding hydrogens is 393 g/mol. The van der Waals surface area contributed by atoms with Gasteiger partial charge in [-0.25, -0.2) is 4.98 Å². The summed E-state index contributed by atoms with van der Waals surface area (Å²) in [6.07, 6.45) is 3.84. The van der Waals surface area contributed by atoms with Gasteiger partial charge in [-0.05, 0) is 63.6 Å². The van der Waals surface area contributed by atoms with Crippen molar-refractivity contribution in [1.29, 1.82) is 0 Å². The van der Waals surface area contributed by atoms with E-state index >= 15 is 0 Å². The van der Waals surface area contributed by atoms with Crippen LogP contribution in [0.2, 0.25) is 0 Å². The van der Waals surface area contributed by atoms with E-state index in [1.807, 2.05) is 12.4 Å². The number of anilines is 1. The minimum absolute atomic E-state index is 0.736. The van der Waals surface area contributed by atoms with Crippen LogP contribution in [0.5, 0.6) is 0 Å². The largest absolute Gasteiger partial charge is 0.377 e. The van der Waals surface area contributed by atoms with Gasteiger partial charge < -0.3 is 9.88 Å². The van der Waals surface area contributed by atoms with Gasteiger partial charge in [-0.3, -0.25) is 0 Å². The molecular formula is C12H13BrIN3. The maximum Gasteiger partial charge on any atom is 0.128 e. The van der Waals surface area contributed by atoms with E-state index in [0.29, 0.717) is 0 Å². The Morgan fingerprint density at radius 3 is 3.00 bits per heavy atom. The number of rotatable bonds is 4. The van der Waals surface area contributed by atoms with Crippen LogP contribution in [-0.4, -0.2) is 9.55 Å². The lowest BCUT2D eigenvalue weighted by molar-refractivity contribution is 0.708. The minimum atomic E-state index is 0.736. The zero-order valence-corrected chi connectivity index (χ0v) is 13.2. The van der Waals surface area contributed by atoms with Gasteiger partial charge in [0.2, 0.25) is 0 Å². The first kappa shape index (κ1) is 12.9. The Kier molecular flexibility index (Phi) is 4.44. The fourth-order valence-corrected chi connectivity index (χ4v) is 3.04. The number of nitrogens with one attached hydrogen (secondary N) is 1. The molecule has 0 saturated carbocycles. The van der Waals surface area contributed by atoms with E-state index in [1.165, 1.54) is 3.57 Å². The van der Waals surface area contributed by atoms with Gasteiger partial charge in [-0.1, -0.05) is 0 Å². The maximum atomic E-state index is 4.33. The first-order chi connectivity index (χ1) is 8.20. The molecule has 0 amide bonds. The Hall–Kier alpha value is -0.560. The molecule has 17 heavy (non-hydrogen) atoms. The molecule has 0 unspecified atom stereocenters. The molecule has 1 N–H and O–H groups in total. The highest BCUT2D eigenvalue weighted by molar-refractivity contribution is 14.1. The van der Waals surface area contributed by atoms with E-state index in [0.717, 1.165) is 29.1 Å². The zero-order valence-electron chi connectivity index (χ0n) is 9.45. The summed E-state index contributed by atoms with van der Waals surface area (Å²) in [4.78, 5) is 4.33. The fourth-order valence-electron chi connectivity index (χ4n) is 1.60. The van der Waals surface area contributed by atoms with Gasteiger partial charge >= 0.3 is 0 Å². The van der Waals surface area contributed by atoms with Crippen LogP contribution < -0.4 is 5.32 Å². The molecule has 1 aromatic carbocycles. The molecule has 0 saturated heterocycles. The lowest BCUT2D eigenvalue weighted by Crippen LogP contribution is -2.07. The van der Waals surface area contributed by atoms with Gasteiger partial charge in [-0.2, -0.15) is 0 Å². The Morgan fingerprint density at radius 2 is 2.29 bits per heavy atom. The Labute approximate surface area is 123 Å². The summed E-state index contributed by atoms with van der Waals surface area (Å²) in [5.41, 5.74) is 1.09. The molecule has 0 bridgehead atoms. The summed E-state index contributed by atoms with van der Waals surface area (Å²) in [6, 6.07) is 6.25. The molecule has 1 heterocycles. The lowest BCUT2D eigenvalue weighted by Gasteiger charge is -2.09. The van der Waals surface area contributed by atoms with Crippen molar-refractivity contribution in [2.45, 2.75) is 20.0 Å². The van der Waals surface area contributed by atoms with Crippen molar-refractivity contribution in [2.24, 2.45) is 0 Å². The van der Waals surface area contributed by atoms with Gasteiger partial charge in [0.25, 0.3) is 0 Å². The summed E-state index contributed by atoms with van der Waals surface area (Å²) in [5, 5.41) is 3.38. The number of nitrogens with zero attached hydrogens (tertiary/aromatic N) is 2. The number of halogens is 2. The number of benzene rings is 1. The van der Waals surface area contributed by atoms with E-state index in [2.05, 4.69) is 78.5 Å². The predicted octanol–water partition coefficient (Wildman–Crippen LogP) is 3.88.